The van der Waals surface area contributed by atoms with Gasteiger partial charge in [-0.3, -0.25) is 10.4 Å². The van der Waals surface area contributed by atoms with E-state index in [1.54, 1.807) is 20.4 Å². The van der Waals surface area contributed by atoms with E-state index in [0.29, 0.717) is 18.2 Å². The fraction of sp³-hybridized carbons (Fsp3) is 0.524. The van der Waals surface area contributed by atoms with Gasteiger partial charge < -0.3 is 19.5 Å². The second kappa shape index (κ2) is 9.54. The molecule has 0 aliphatic carbocycles. The Kier molecular flexibility index (Phi) is 6.59. The van der Waals surface area contributed by atoms with Crippen LogP contribution in [0.3, 0.4) is 0 Å². The number of aromatic nitrogens is 5. The highest BCUT2D eigenvalue weighted by Gasteiger charge is 2.26. The van der Waals surface area contributed by atoms with Gasteiger partial charge in [0.15, 0.2) is 5.65 Å². The van der Waals surface area contributed by atoms with Crippen LogP contribution in [0.5, 0.6) is 6.01 Å². The van der Waals surface area contributed by atoms with Crippen molar-refractivity contribution < 1.29 is 14.6 Å². The first-order valence-corrected chi connectivity index (χ1v) is 10.5. The van der Waals surface area contributed by atoms with Crippen LogP contribution in [0.25, 0.3) is 11.0 Å². The van der Waals surface area contributed by atoms with E-state index in [1.807, 2.05) is 19.1 Å². The predicted molar refractivity (Wildman–Crippen MR) is 116 cm³/mol. The molecule has 0 aromatic carbocycles. The first-order chi connectivity index (χ1) is 15.1. The lowest BCUT2D eigenvalue weighted by Gasteiger charge is -2.33. The average molecular weight is 428 g/mol. The highest BCUT2D eigenvalue weighted by Crippen LogP contribution is 2.33. The number of hydrogen-bond donors (Lipinski definition) is 3. The van der Waals surface area contributed by atoms with E-state index >= 15 is 0 Å². The molecule has 3 N–H and O–H groups in total. The lowest BCUT2D eigenvalue weighted by Crippen LogP contribution is -2.34. The Morgan fingerprint density at radius 2 is 2.13 bits per heavy atom. The van der Waals surface area contributed by atoms with Crippen molar-refractivity contribution >= 4 is 16.9 Å². The lowest BCUT2D eigenvalue weighted by atomic mass is 9.92. The SMILES string of the molecule is CNC(O)c1cc(N2CCC(c3[nH]nc4ncccc34)CC2)nc(O[C@H](C)COC)n1. The van der Waals surface area contributed by atoms with Crippen molar-refractivity contribution in [1.82, 2.24) is 30.5 Å². The minimum absolute atomic E-state index is 0.201. The molecule has 1 aliphatic heterocycles. The Morgan fingerprint density at radius 3 is 2.87 bits per heavy atom. The average Bonchev–Trinajstić information content (AvgIpc) is 3.23. The third kappa shape index (κ3) is 4.76. The van der Waals surface area contributed by atoms with Gasteiger partial charge in [-0.15, -0.1) is 0 Å². The van der Waals surface area contributed by atoms with Gasteiger partial charge >= 0.3 is 6.01 Å². The van der Waals surface area contributed by atoms with Crippen LogP contribution in [-0.4, -0.2) is 70.2 Å². The molecule has 1 fully saturated rings. The summed E-state index contributed by atoms with van der Waals surface area (Å²) in [6, 6.07) is 6.05. The Hall–Kier alpha value is -2.82. The molecule has 166 valence electrons. The van der Waals surface area contributed by atoms with E-state index in [1.165, 1.54) is 0 Å². The van der Waals surface area contributed by atoms with Gasteiger partial charge in [-0.05, 0) is 38.9 Å². The normalized spacial score (nSPS) is 17.1. The van der Waals surface area contributed by atoms with Crippen LogP contribution in [0.2, 0.25) is 0 Å². The van der Waals surface area contributed by atoms with Crippen molar-refractivity contribution in [3.05, 3.63) is 35.8 Å². The molecule has 0 saturated carbocycles. The number of aliphatic hydroxyl groups excluding tert-OH is 1. The molecular weight excluding hydrogens is 398 g/mol. The van der Waals surface area contributed by atoms with Gasteiger partial charge in [-0.25, -0.2) is 4.98 Å². The number of aromatic amines is 1. The van der Waals surface area contributed by atoms with Crippen LogP contribution < -0.4 is 15.0 Å². The quantitative estimate of drug-likeness (QED) is 0.462. The topological polar surface area (TPSA) is 121 Å². The molecule has 2 atom stereocenters. The van der Waals surface area contributed by atoms with Gasteiger partial charge in [0.25, 0.3) is 0 Å². The molecule has 4 rings (SSSR count). The van der Waals surface area contributed by atoms with Crippen molar-refractivity contribution in [2.75, 3.05) is 38.8 Å². The van der Waals surface area contributed by atoms with Crippen LogP contribution in [0, 0.1) is 0 Å². The molecule has 10 heteroatoms. The molecule has 0 bridgehead atoms. The third-order valence-electron chi connectivity index (χ3n) is 5.56. The molecule has 1 unspecified atom stereocenters. The fourth-order valence-electron chi connectivity index (χ4n) is 3.96. The zero-order chi connectivity index (χ0) is 21.8. The summed E-state index contributed by atoms with van der Waals surface area (Å²) in [6.45, 7) is 3.97. The maximum absolute atomic E-state index is 10.3. The largest absolute Gasteiger partial charge is 0.458 e. The summed E-state index contributed by atoms with van der Waals surface area (Å²) in [5.41, 5.74) is 2.38. The number of nitrogens with zero attached hydrogens (tertiary/aromatic N) is 5. The number of piperidine rings is 1. The highest BCUT2D eigenvalue weighted by atomic mass is 16.5. The number of rotatable bonds is 8. The van der Waals surface area contributed by atoms with Gasteiger partial charge in [0.2, 0.25) is 0 Å². The third-order valence-corrected chi connectivity index (χ3v) is 5.56. The zero-order valence-electron chi connectivity index (χ0n) is 18.1. The van der Waals surface area contributed by atoms with Crippen molar-refractivity contribution in [3.63, 3.8) is 0 Å². The molecule has 0 amide bonds. The number of aliphatic hydroxyl groups is 1. The van der Waals surface area contributed by atoms with E-state index in [0.717, 1.165) is 48.5 Å². The van der Waals surface area contributed by atoms with E-state index in [9.17, 15) is 5.11 Å². The number of methoxy groups -OCH3 is 1. The summed E-state index contributed by atoms with van der Waals surface area (Å²) in [7, 11) is 3.30. The summed E-state index contributed by atoms with van der Waals surface area (Å²) >= 11 is 0. The number of H-pyrrole nitrogens is 1. The summed E-state index contributed by atoms with van der Waals surface area (Å²) in [5.74, 6) is 1.13. The molecule has 10 nitrogen and oxygen atoms in total. The first-order valence-electron chi connectivity index (χ1n) is 10.5. The number of anilines is 1. The lowest BCUT2D eigenvalue weighted by molar-refractivity contribution is 0.0839. The van der Waals surface area contributed by atoms with Crippen molar-refractivity contribution in [1.29, 1.82) is 0 Å². The minimum Gasteiger partial charge on any atom is -0.458 e. The molecule has 4 heterocycles. The van der Waals surface area contributed by atoms with Crippen molar-refractivity contribution in [2.24, 2.45) is 0 Å². The number of pyridine rings is 1. The van der Waals surface area contributed by atoms with Gasteiger partial charge in [-0.1, -0.05) is 0 Å². The summed E-state index contributed by atoms with van der Waals surface area (Å²) in [6.07, 6.45) is 2.57. The summed E-state index contributed by atoms with van der Waals surface area (Å²) < 4.78 is 11.0. The van der Waals surface area contributed by atoms with Gasteiger partial charge in [0.05, 0.1) is 12.3 Å². The summed E-state index contributed by atoms with van der Waals surface area (Å²) in [5, 5.41) is 21.7. The molecular formula is C21H29N7O3. The smallest absolute Gasteiger partial charge is 0.319 e. The number of ether oxygens (including phenoxy) is 2. The predicted octanol–water partition coefficient (Wildman–Crippen LogP) is 1.76. The molecule has 31 heavy (non-hydrogen) atoms. The Balaban J connectivity index is 1.51. The molecule has 3 aromatic heterocycles. The second-order valence-electron chi connectivity index (χ2n) is 7.78. The molecule has 1 saturated heterocycles. The molecule has 3 aromatic rings. The summed E-state index contributed by atoms with van der Waals surface area (Å²) in [4.78, 5) is 15.5. The molecule has 0 radical (unpaired) electrons. The van der Waals surface area contributed by atoms with E-state index in [-0.39, 0.29) is 12.1 Å². The highest BCUT2D eigenvalue weighted by molar-refractivity contribution is 5.77. The number of nitrogens with one attached hydrogen (secondary N) is 2. The standard InChI is InChI=1S/C21H29N7O3/c1-13(12-30-3)31-21-24-16(20(29)22-2)11-17(25-21)28-9-6-14(7-10-28)18-15-5-4-8-23-19(15)27-26-18/h4-5,8,11,13-14,20,22,29H,6-7,9-10,12H2,1-3H3,(H,23,26,27)/t13-,20?/m1/s1. The zero-order valence-corrected chi connectivity index (χ0v) is 18.1. The van der Waals surface area contributed by atoms with Gasteiger partial charge in [-0.2, -0.15) is 15.1 Å². The van der Waals surface area contributed by atoms with Crippen LogP contribution in [-0.2, 0) is 4.74 Å². The maximum atomic E-state index is 10.3. The monoisotopic (exact) mass is 427 g/mol. The van der Waals surface area contributed by atoms with E-state index in [2.05, 4.69) is 41.4 Å². The Labute approximate surface area is 181 Å². The van der Waals surface area contributed by atoms with Gasteiger partial charge in [0, 0.05) is 49.5 Å². The Bertz CT molecular complexity index is 1000. The van der Waals surface area contributed by atoms with Crippen LogP contribution in [0.1, 0.15) is 43.3 Å². The van der Waals surface area contributed by atoms with Crippen molar-refractivity contribution in [2.45, 2.75) is 38.0 Å². The molecule has 0 spiro atoms. The minimum atomic E-state index is -0.900. The van der Waals surface area contributed by atoms with Crippen LogP contribution in [0.15, 0.2) is 24.4 Å². The maximum Gasteiger partial charge on any atom is 0.319 e. The molecule has 1 aliphatic rings. The number of hydrogen-bond acceptors (Lipinski definition) is 9. The van der Waals surface area contributed by atoms with Crippen molar-refractivity contribution in [3.8, 4) is 6.01 Å². The van der Waals surface area contributed by atoms with Crippen LogP contribution in [0.4, 0.5) is 5.82 Å². The Morgan fingerprint density at radius 1 is 1.32 bits per heavy atom. The van der Waals surface area contributed by atoms with Crippen LogP contribution >= 0.6 is 0 Å². The first kappa shape index (κ1) is 21.4. The van der Waals surface area contributed by atoms with E-state index < -0.39 is 6.23 Å². The second-order valence-corrected chi connectivity index (χ2v) is 7.78. The number of fused-ring (bicyclic) bond motifs is 1. The fourth-order valence-corrected chi connectivity index (χ4v) is 3.96. The van der Waals surface area contributed by atoms with Gasteiger partial charge in [0.1, 0.15) is 18.1 Å². The van der Waals surface area contributed by atoms with E-state index in [4.69, 9.17) is 9.47 Å².